The maximum absolute atomic E-state index is 11.9. The minimum Gasteiger partial charge on any atom is -0.389 e. The maximum atomic E-state index is 11.9. The van der Waals surface area contributed by atoms with Crippen molar-refractivity contribution in [1.29, 1.82) is 0 Å². The number of nitrogens with zero attached hydrogens (tertiary/aromatic N) is 2. The van der Waals surface area contributed by atoms with Gasteiger partial charge in [0.05, 0.1) is 30.2 Å². The fraction of sp³-hybridized carbons (Fsp3) is 0.286. The first-order valence-electron chi connectivity index (χ1n) is 6.36. The van der Waals surface area contributed by atoms with E-state index in [1.807, 2.05) is 0 Å². The van der Waals surface area contributed by atoms with Crippen molar-refractivity contribution < 1.29 is 14.6 Å². The number of aliphatic hydroxyl groups is 1. The largest absolute Gasteiger partial charge is 0.389 e. The van der Waals surface area contributed by atoms with Crippen molar-refractivity contribution in [3.63, 3.8) is 0 Å². The number of aliphatic hydroxyl groups excluding tert-OH is 1. The molecule has 0 bridgehead atoms. The van der Waals surface area contributed by atoms with E-state index in [2.05, 4.69) is 10.4 Å². The predicted molar refractivity (Wildman–Crippen MR) is 78.8 cm³/mol. The van der Waals surface area contributed by atoms with Gasteiger partial charge in [0.25, 0.3) is 5.91 Å². The molecule has 0 aliphatic rings. The Morgan fingerprint density at radius 3 is 2.86 bits per heavy atom. The zero-order valence-corrected chi connectivity index (χ0v) is 12.2. The highest BCUT2D eigenvalue weighted by molar-refractivity contribution is 6.30. The lowest BCUT2D eigenvalue weighted by Gasteiger charge is -2.09. The molecule has 0 saturated heterocycles. The van der Waals surface area contributed by atoms with Crippen LogP contribution >= 0.6 is 11.6 Å². The molecule has 21 heavy (non-hydrogen) atoms. The number of nitrogens with one attached hydrogen (secondary N) is 1. The van der Waals surface area contributed by atoms with Gasteiger partial charge in [-0.05, 0) is 24.3 Å². The summed E-state index contributed by atoms with van der Waals surface area (Å²) in [6.45, 7) is 0.295. The average Bonchev–Trinajstić information content (AvgIpc) is 2.96. The second kappa shape index (κ2) is 7.21. The molecule has 1 heterocycles. The quantitative estimate of drug-likeness (QED) is 0.842. The van der Waals surface area contributed by atoms with Crippen LogP contribution in [0.1, 0.15) is 10.4 Å². The van der Waals surface area contributed by atoms with Gasteiger partial charge in [0.15, 0.2) is 0 Å². The number of methoxy groups -OCH3 is 1. The first-order valence-corrected chi connectivity index (χ1v) is 6.73. The summed E-state index contributed by atoms with van der Waals surface area (Å²) in [7, 11) is 1.49. The van der Waals surface area contributed by atoms with Crippen LogP contribution in [0.2, 0.25) is 5.02 Å². The van der Waals surface area contributed by atoms with Crippen LogP contribution in [0.5, 0.6) is 0 Å². The summed E-state index contributed by atoms with van der Waals surface area (Å²) < 4.78 is 6.36. The summed E-state index contributed by atoms with van der Waals surface area (Å²) >= 11 is 5.82. The molecular formula is C14H16ClN3O3. The Morgan fingerprint density at radius 2 is 2.19 bits per heavy atom. The van der Waals surface area contributed by atoms with Crippen molar-refractivity contribution in [2.45, 2.75) is 6.10 Å². The highest BCUT2D eigenvalue weighted by Crippen LogP contribution is 2.13. The topological polar surface area (TPSA) is 76.4 Å². The third kappa shape index (κ3) is 4.29. The second-order valence-electron chi connectivity index (χ2n) is 4.47. The Balaban J connectivity index is 1.99. The minimum atomic E-state index is -0.731. The van der Waals surface area contributed by atoms with E-state index < -0.39 is 6.10 Å². The Labute approximate surface area is 127 Å². The molecule has 112 valence electrons. The maximum Gasteiger partial charge on any atom is 0.254 e. The van der Waals surface area contributed by atoms with Gasteiger partial charge in [0.1, 0.15) is 0 Å². The van der Waals surface area contributed by atoms with Crippen LogP contribution in [-0.4, -0.2) is 47.2 Å². The van der Waals surface area contributed by atoms with Gasteiger partial charge in [-0.1, -0.05) is 11.6 Å². The Morgan fingerprint density at radius 1 is 1.48 bits per heavy atom. The summed E-state index contributed by atoms with van der Waals surface area (Å²) in [4.78, 5) is 11.9. The van der Waals surface area contributed by atoms with Crippen LogP contribution in [-0.2, 0) is 4.74 Å². The van der Waals surface area contributed by atoms with E-state index in [9.17, 15) is 9.90 Å². The molecule has 0 fully saturated rings. The molecule has 0 saturated carbocycles. The Hall–Kier alpha value is -1.89. The van der Waals surface area contributed by atoms with Gasteiger partial charge in [-0.2, -0.15) is 5.10 Å². The molecule has 7 heteroatoms. The number of hydrogen-bond donors (Lipinski definition) is 2. The normalized spacial score (nSPS) is 12.1. The molecule has 1 aromatic carbocycles. The number of carbonyl (C=O) groups is 1. The van der Waals surface area contributed by atoms with Crippen LogP contribution in [0, 0.1) is 0 Å². The molecule has 1 atom stereocenters. The van der Waals surface area contributed by atoms with Crippen LogP contribution < -0.4 is 5.32 Å². The molecule has 0 aliphatic heterocycles. The number of hydrogen-bond acceptors (Lipinski definition) is 4. The fourth-order valence-corrected chi connectivity index (χ4v) is 1.86. The Bertz CT molecular complexity index is 598. The molecule has 0 aliphatic carbocycles. The molecule has 2 aromatic rings. The summed E-state index contributed by atoms with van der Waals surface area (Å²) in [5.41, 5.74) is 1.22. The van der Waals surface area contributed by atoms with Crippen molar-refractivity contribution in [2.24, 2.45) is 0 Å². The lowest BCUT2D eigenvalue weighted by Crippen LogP contribution is -2.34. The van der Waals surface area contributed by atoms with Crippen LogP contribution in [0.25, 0.3) is 5.69 Å². The minimum absolute atomic E-state index is 0.124. The molecule has 0 spiro atoms. The smallest absolute Gasteiger partial charge is 0.254 e. The van der Waals surface area contributed by atoms with Crippen LogP contribution in [0.4, 0.5) is 0 Å². The third-order valence-corrected chi connectivity index (χ3v) is 3.05. The lowest BCUT2D eigenvalue weighted by atomic mass is 10.3. The number of ether oxygens (including phenoxy) is 1. The monoisotopic (exact) mass is 309 g/mol. The number of aromatic nitrogens is 2. The van der Waals surface area contributed by atoms with Gasteiger partial charge in [0, 0.05) is 24.9 Å². The fourth-order valence-electron chi connectivity index (χ4n) is 1.74. The zero-order valence-electron chi connectivity index (χ0n) is 11.5. The number of carbonyl (C=O) groups excluding carboxylic acids is 1. The molecule has 1 amide bonds. The number of benzene rings is 1. The van der Waals surface area contributed by atoms with Gasteiger partial charge in [-0.15, -0.1) is 0 Å². The van der Waals surface area contributed by atoms with Gasteiger partial charge in [-0.3, -0.25) is 4.79 Å². The van der Waals surface area contributed by atoms with E-state index >= 15 is 0 Å². The zero-order chi connectivity index (χ0) is 15.2. The van der Waals surface area contributed by atoms with E-state index in [1.54, 1.807) is 35.1 Å². The molecule has 1 unspecified atom stereocenters. The molecule has 1 aromatic heterocycles. The first kappa shape index (κ1) is 15.5. The molecule has 6 nitrogen and oxygen atoms in total. The summed E-state index contributed by atoms with van der Waals surface area (Å²) in [6, 6.07) is 7.11. The Kier molecular flexibility index (Phi) is 5.32. The van der Waals surface area contributed by atoms with Gasteiger partial charge in [-0.25, -0.2) is 4.68 Å². The van der Waals surface area contributed by atoms with Crippen LogP contribution in [0.3, 0.4) is 0 Å². The number of rotatable bonds is 6. The van der Waals surface area contributed by atoms with E-state index in [0.29, 0.717) is 10.6 Å². The van der Waals surface area contributed by atoms with Gasteiger partial charge >= 0.3 is 0 Å². The van der Waals surface area contributed by atoms with E-state index in [4.69, 9.17) is 16.3 Å². The molecule has 0 radical (unpaired) electrons. The summed E-state index contributed by atoms with van der Waals surface area (Å²) in [5, 5.41) is 16.9. The molecule has 2 N–H and O–H groups in total. The summed E-state index contributed by atoms with van der Waals surface area (Å²) in [6.07, 6.45) is 2.35. The number of halogens is 1. The highest BCUT2D eigenvalue weighted by Gasteiger charge is 2.11. The lowest BCUT2D eigenvalue weighted by molar-refractivity contribution is 0.0610. The van der Waals surface area contributed by atoms with Crippen molar-refractivity contribution in [3.8, 4) is 5.69 Å². The van der Waals surface area contributed by atoms with Gasteiger partial charge in [0.2, 0.25) is 0 Å². The van der Waals surface area contributed by atoms with E-state index in [1.165, 1.54) is 13.3 Å². The predicted octanol–water partition coefficient (Wildman–Crippen LogP) is 1.26. The molecule has 2 rings (SSSR count). The standard InChI is InChI=1S/C14H16ClN3O3/c1-21-9-13(19)7-16-14(20)10-6-17-18(8-10)12-4-2-11(15)3-5-12/h2-6,8,13,19H,7,9H2,1H3,(H,16,20). The third-order valence-electron chi connectivity index (χ3n) is 2.79. The van der Waals surface area contributed by atoms with Crippen molar-refractivity contribution in [1.82, 2.24) is 15.1 Å². The average molecular weight is 310 g/mol. The second-order valence-corrected chi connectivity index (χ2v) is 4.91. The van der Waals surface area contributed by atoms with Crippen LogP contribution in [0.15, 0.2) is 36.7 Å². The van der Waals surface area contributed by atoms with Crippen molar-refractivity contribution in [2.75, 3.05) is 20.3 Å². The van der Waals surface area contributed by atoms with Crippen molar-refractivity contribution in [3.05, 3.63) is 47.2 Å². The molecular weight excluding hydrogens is 294 g/mol. The first-order chi connectivity index (χ1) is 10.1. The van der Waals surface area contributed by atoms with E-state index in [-0.39, 0.29) is 19.1 Å². The van der Waals surface area contributed by atoms with E-state index in [0.717, 1.165) is 5.69 Å². The highest BCUT2D eigenvalue weighted by atomic mass is 35.5. The number of amides is 1. The summed E-state index contributed by atoms with van der Waals surface area (Å²) in [5.74, 6) is -0.301. The SMILES string of the molecule is COCC(O)CNC(=O)c1cnn(-c2ccc(Cl)cc2)c1. The van der Waals surface area contributed by atoms with Crippen molar-refractivity contribution >= 4 is 17.5 Å². The van der Waals surface area contributed by atoms with Gasteiger partial charge < -0.3 is 15.2 Å².